The highest BCUT2D eigenvalue weighted by Crippen LogP contribution is 2.10. The Kier molecular flexibility index (Phi) is 12.7. The minimum Gasteiger partial charge on any atom is -0.357 e. The van der Waals surface area contributed by atoms with Crippen LogP contribution in [0.25, 0.3) is 0 Å². The van der Waals surface area contributed by atoms with Crippen LogP contribution >= 0.6 is 35.7 Å². The number of piperidine rings is 1. The van der Waals surface area contributed by atoms with Crippen molar-refractivity contribution < 1.29 is 4.79 Å². The average molecular weight is 497 g/mol. The van der Waals surface area contributed by atoms with Gasteiger partial charge in [-0.05, 0) is 44.6 Å². The van der Waals surface area contributed by atoms with Gasteiger partial charge < -0.3 is 15.1 Å². The largest absolute Gasteiger partial charge is 0.357 e. The molecule has 0 saturated carbocycles. The third-order valence-corrected chi connectivity index (χ3v) is 5.54. The van der Waals surface area contributed by atoms with Crippen molar-refractivity contribution in [2.45, 2.75) is 32.6 Å². The van der Waals surface area contributed by atoms with Gasteiger partial charge in [-0.2, -0.15) is 11.8 Å². The second-order valence-electron chi connectivity index (χ2n) is 6.79. The average Bonchev–Trinajstić information content (AvgIpc) is 2.66. The van der Waals surface area contributed by atoms with Gasteiger partial charge in [0, 0.05) is 52.4 Å². The first kappa shape index (κ1) is 23.8. The molecule has 0 radical (unpaired) electrons. The number of nitrogens with one attached hydrogen (secondary N) is 1. The van der Waals surface area contributed by atoms with Gasteiger partial charge in [-0.3, -0.25) is 14.7 Å². The normalized spacial score (nSPS) is 19.2. The van der Waals surface area contributed by atoms with Crippen LogP contribution in [0.4, 0.5) is 0 Å². The van der Waals surface area contributed by atoms with Gasteiger partial charge in [-0.1, -0.05) is 0 Å². The van der Waals surface area contributed by atoms with Crippen molar-refractivity contribution in [3.8, 4) is 0 Å². The second-order valence-corrected chi connectivity index (χ2v) is 7.77. The highest BCUT2D eigenvalue weighted by atomic mass is 127. The number of carbonyl (C=O) groups excluding carboxylic acids is 1. The first-order valence-electron chi connectivity index (χ1n) is 9.77. The maximum absolute atomic E-state index is 12.4. The van der Waals surface area contributed by atoms with Gasteiger partial charge in [0.25, 0.3) is 0 Å². The van der Waals surface area contributed by atoms with Gasteiger partial charge in [-0.25, -0.2) is 0 Å². The summed E-state index contributed by atoms with van der Waals surface area (Å²) in [5, 5.41) is 3.41. The number of amides is 1. The number of aliphatic imine (C=N–C) groups is 1. The molecule has 0 aromatic rings. The molecule has 6 nitrogen and oxygen atoms in total. The summed E-state index contributed by atoms with van der Waals surface area (Å²) in [4.78, 5) is 23.9. The zero-order valence-electron chi connectivity index (χ0n) is 16.4. The molecule has 0 aliphatic carbocycles. The van der Waals surface area contributed by atoms with Crippen LogP contribution in [0.1, 0.15) is 32.6 Å². The molecule has 2 saturated heterocycles. The summed E-state index contributed by atoms with van der Waals surface area (Å²) in [5.74, 6) is 2.51. The number of nitrogens with zero attached hydrogens (tertiary/aromatic N) is 4. The lowest BCUT2D eigenvalue weighted by Gasteiger charge is -2.37. The maximum atomic E-state index is 12.4. The predicted octanol–water partition coefficient (Wildman–Crippen LogP) is 1.95. The van der Waals surface area contributed by atoms with Gasteiger partial charge in [0.2, 0.25) is 5.91 Å². The molecule has 26 heavy (non-hydrogen) atoms. The summed E-state index contributed by atoms with van der Waals surface area (Å²) in [6, 6.07) is 0. The molecule has 8 heteroatoms. The number of halogens is 1. The molecule has 0 bridgehead atoms. The molecule has 2 aliphatic heterocycles. The molecule has 0 spiro atoms. The Morgan fingerprint density at radius 2 is 1.73 bits per heavy atom. The molecule has 2 heterocycles. The lowest BCUT2D eigenvalue weighted by molar-refractivity contribution is -0.133. The third kappa shape index (κ3) is 8.21. The summed E-state index contributed by atoms with van der Waals surface area (Å²) in [5.41, 5.74) is 0. The van der Waals surface area contributed by atoms with E-state index in [2.05, 4.69) is 28.3 Å². The summed E-state index contributed by atoms with van der Waals surface area (Å²) >= 11 is 1.87. The van der Waals surface area contributed by atoms with Crippen LogP contribution in [-0.2, 0) is 4.79 Å². The number of thioether (sulfide) groups is 1. The van der Waals surface area contributed by atoms with Crippen LogP contribution in [-0.4, -0.2) is 97.5 Å². The minimum absolute atomic E-state index is 0. The lowest BCUT2D eigenvalue weighted by atomic mass is 10.1. The van der Waals surface area contributed by atoms with Crippen LogP contribution in [0.15, 0.2) is 4.99 Å². The fourth-order valence-electron chi connectivity index (χ4n) is 3.37. The highest BCUT2D eigenvalue weighted by Gasteiger charge is 2.23. The topological polar surface area (TPSA) is 51.2 Å². The van der Waals surface area contributed by atoms with E-state index in [1.165, 1.54) is 19.3 Å². The standard InChI is InChI=1S/C18H35N5OS.HI/c1-3-19-18(20-8-7-15-25-2)23-13-11-21(12-14-23)16-17(24)22-9-5-4-6-10-22;/h3-16H2,1-2H3,(H,19,20);1H. The van der Waals surface area contributed by atoms with E-state index in [-0.39, 0.29) is 24.0 Å². The second kappa shape index (κ2) is 13.9. The number of carbonyl (C=O) groups is 1. The van der Waals surface area contributed by atoms with Crippen molar-refractivity contribution in [2.75, 3.05) is 70.9 Å². The van der Waals surface area contributed by atoms with Crippen molar-refractivity contribution in [1.82, 2.24) is 20.0 Å². The zero-order valence-corrected chi connectivity index (χ0v) is 19.6. The molecular weight excluding hydrogens is 461 g/mol. The molecule has 152 valence electrons. The molecule has 0 aromatic heterocycles. The van der Waals surface area contributed by atoms with Crippen molar-refractivity contribution in [3.05, 3.63) is 0 Å². The fourth-order valence-corrected chi connectivity index (χ4v) is 3.79. The van der Waals surface area contributed by atoms with E-state index >= 15 is 0 Å². The SMILES string of the molecule is CCNC(=NCCCSC)N1CCN(CC(=O)N2CCCCC2)CC1.I. The van der Waals surface area contributed by atoms with Crippen molar-refractivity contribution in [3.63, 3.8) is 0 Å². The van der Waals surface area contributed by atoms with Crippen molar-refractivity contribution in [2.24, 2.45) is 4.99 Å². The molecule has 1 amide bonds. The first-order valence-corrected chi connectivity index (χ1v) is 11.2. The van der Waals surface area contributed by atoms with Gasteiger partial charge in [0.1, 0.15) is 0 Å². The molecule has 2 aliphatic rings. The molecule has 2 rings (SSSR count). The molecule has 0 unspecified atom stereocenters. The molecule has 0 aromatic carbocycles. The Morgan fingerprint density at radius 1 is 1.04 bits per heavy atom. The van der Waals surface area contributed by atoms with Crippen molar-refractivity contribution >= 4 is 47.6 Å². The Hall–Kier alpha value is -0.220. The summed E-state index contributed by atoms with van der Waals surface area (Å²) in [7, 11) is 0. The Bertz CT molecular complexity index is 424. The Labute approximate surface area is 180 Å². The summed E-state index contributed by atoms with van der Waals surface area (Å²) < 4.78 is 0. The number of guanidine groups is 1. The number of likely N-dealkylation sites (tertiary alicyclic amines) is 1. The van der Waals surface area contributed by atoms with Gasteiger partial charge in [0.05, 0.1) is 6.54 Å². The molecule has 2 fully saturated rings. The van der Waals surface area contributed by atoms with Crippen molar-refractivity contribution in [1.29, 1.82) is 0 Å². The minimum atomic E-state index is 0. The zero-order chi connectivity index (χ0) is 17.9. The van der Waals surface area contributed by atoms with E-state index in [1.54, 1.807) is 0 Å². The summed E-state index contributed by atoms with van der Waals surface area (Å²) in [6.07, 6.45) is 6.86. The highest BCUT2D eigenvalue weighted by molar-refractivity contribution is 14.0. The Morgan fingerprint density at radius 3 is 2.35 bits per heavy atom. The van der Waals surface area contributed by atoms with E-state index in [1.807, 2.05) is 16.7 Å². The van der Waals surface area contributed by atoms with E-state index in [0.717, 1.165) is 70.5 Å². The van der Waals surface area contributed by atoms with E-state index in [0.29, 0.717) is 12.5 Å². The quantitative estimate of drug-likeness (QED) is 0.252. The predicted molar refractivity (Wildman–Crippen MR) is 123 cm³/mol. The Balaban J connectivity index is 0.00000338. The monoisotopic (exact) mass is 497 g/mol. The first-order chi connectivity index (χ1) is 12.2. The number of hydrogen-bond acceptors (Lipinski definition) is 4. The maximum Gasteiger partial charge on any atom is 0.236 e. The van der Waals surface area contributed by atoms with E-state index in [9.17, 15) is 4.79 Å². The van der Waals surface area contributed by atoms with Crippen LogP contribution < -0.4 is 5.32 Å². The number of piperazine rings is 1. The number of rotatable bonds is 7. The van der Waals surface area contributed by atoms with E-state index < -0.39 is 0 Å². The smallest absolute Gasteiger partial charge is 0.236 e. The van der Waals surface area contributed by atoms with Gasteiger partial charge in [-0.15, -0.1) is 24.0 Å². The fraction of sp³-hybridized carbons (Fsp3) is 0.889. The molecular formula is C18H36IN5OS. The van der Waals surface area contributed by atoms with Crippen LogP contribution in [0.2, 0.25) is 0 Å². The van der Waals surface area contributed by atoms with E-state index in [4.69, 9.17) is 4.99 Å². The number of hydrogen-bond donors (Lipinski definition) is 1. The van der Waals surface area contributed by atoms with Gasteiger partial charge in [0.15, 0.2) is 5.96 Å². The molecule has 1 N–H and O–H groups in total. The van der Waals surface area contributed by atoms with Crippen LogP contribution in [0.5, 0.6) is 0 Å². The summed E-state index contributed by atoms with van der Waals surface area (Å²) in [6.45, 7) is 10.1. The van der Waals surface area contributed by atoms with Crippen LogP contribution in [0, 0.1) is 0 Å². The third-order valence-electron chi connectivity index (χ3n) is 4.84. The van der Waals surface area contributed by atoms with Gasteiger partial charge >= 0.3 is 0 Å². The molecule has 0 atom stereocenters. The lowest BCUT2D eigenvalue weighted by Crippen LogP contribution is -2.54. The van der Waals surface area contributed by atoms with Crippen LogP contribution in [0.3, 0.4) is 0 Å².